The number of fused-ring (bicyclic) bond motifs is 5. The van der Waals surface area contributed by atoms with E-state index in [1.54, 1.807) is 11.1 Å². The quantitative estimate of drug-likeness (QED) is 0.520. The van der Waals surface area contributed by atoms with Gasteiger partial charge in [-0.2, -0.15) is 0 Å². The van der Waals surface area contributed by atoms with E-state index in [0.29, 0.717) is 17.3 Å². The summed E-state index contributed by atoms with van der Waals surface area (Å²) >= 11 is 0. The molecule has 0 bridgehead atoms. The van der Waals surface area contributed by atoms with Crippen LogP contribution in [0.3, 0.4) is 0 Å². The van der Waals surface area contributed by atoms with E-state index < -0.39 is 0 Å². The highest BCUT2D eigenvalue weighted by Gasteiger charge is 2.53. The second-order valence-corrected chi connectivity index (χ2v) is 11.0. The summed E-state index contributed by atoms with van der Waals surface area (Å²) in [6.45, 7) is 12.1. The molecule has 4 rings (SSSR count). The van der Waals surface area contributed by atoms with Crippen molar-refractivity contribution < 1.29 is 5.11 Å². The van der Waals surface area contributed by atoms with Crippen LogP contribution in [0.4, 0.5) is 0 Å². The predicted octanol–water partition coefficient (Wildman–Crippen LogP) is 7.00. The summed E-state index contributed by atoms with van der Waals surface area (Å²) < 4.78 is 0. The normalized spacial score (nSPS) is 41.1. The van der Waals surface area contributed by atoms with Gasteiger partial charge in [0.15, 0.2) is 0 Å². The summed E-state index contributed by atoms with van der Waals surface area (Å²) in [5.74, 6) is 2.91. The zero-order chi connectivity index (χ0) is 20.1. The monoisotopic (exact) mass is 380 g/mol. The minimum Gasteiger partial charge on any atom is -0.393 e. The van der Waals surface area contributed by atoms with E-state index in [-0.39, 0.29) is 11.5 Å². The third kappa shape index (κ3) is 3.18. The highest BCUT2D eigenvalue weighted by Crippen LogP contribution is 2.63. The van der Waals surface area contributed by atoms with E-state index in [2.05, 4.69) is 65.0 Å². The summed E-state index contributed by atoms with van der Waals surface area (Å²) in [6, 6.07) is 0. The van der Waals surface area contributed by atoms with Crippen molar-refractivity contribution in [2.45, 2.75) is 85.7 Å². The standard InChI is InChI=1S/C27H40O/c1-18(2)7-6-8-19(3)23-11-12-24-22-10-9-20-17-21(28)13-15-26(20,4)25(22)14-16-27(23,24)5/h6,8-10,14,18-19,21,23-24,28H,7,11-13,15-17H2,1-5H3/b8-6+. The largest absolute Gasteiger partial charge is 0.393 e. The van der Waals surface area contributed by atoms with Crippen molar-refractivity contribution in [2.75, 3.05) is 0 Å². The fraction of sp³-hybridized carbons (Fsp3) is 0.704. The van der Waals surface area contributed by atoms with Gasteiger partial charge in [0.2, 0.25) is 0 Å². The Hall–Kier alpha value is -1.08. The first-order valence-electron chi connectivity index (χ1n) is 11.7. The van der Waals surface area contributed by atoms with Crippen LogP contribution in [-0.2, 0) is 0 Å². The molecule has 6 atom stereocenters. The van der Waals surface area contributed by atoms with Gasteiger partial charge in [-0.25, -0.2) is 0 Å². The maximum atomic E-state index is 10.2. The summed E-state index contributed by atoms with van der Waals surface area (Å²) in [6.07, 6.45) is 20.2. The molecule has 0 amide bonds. The Bertz CT molecular complexity index is 735. The Morgan fingerprint density at radius 2 is 1.93 bits per heavy atom. The van der Waals surface area contributed by atoms with Gasteiger partial charge in [0.25, 0.3) is 0 Å². The highest BCUT2D eigenvalue weighted by atomic mass is 16.3. The lowest BCUT2D eigenvalue weighted by molar-refractivity contribution is 0.114. The Morgan fingerprint density at radius 1 is 1.14 bits per heavy atom. The summed E-state index contributed by atoms with van der Waals surface area (Å²) in [7, 11) is 0. The molecule has 28 heavy (non-hydrogen) atoms. The minimum absolute atomic E-state index is 0.141. The average molecular weight is 381 g/mol. The molecular formula is C27H40O. The number of allylic oxidation sites excluding steroid dienone is 7. The molecule has 4 aliphatic carbocycles. The summed E-state index contributed by atoms with van der Waals surface area (Å²) in [5, 5.41) is 10.2. The van der Waals surface area contributed by atoms with Crippen LogP contribution < -0.4 is 0 Å². The fourth-order valence-corrected chi connectivity index (χ4v) is 6.96. The van der Waals surface area contributed by atoms with Gasteiger partial charge in [-0.1, -0.05) is 70.6 Å². The molecule has 0 spiro atoms. The van der Waals surface area contributed by atoms with E-state index in [9.17, 15) is 5.11 Å². The Morgan fingerprint density at radius 3 is 2.68 bits per heavy atom. The molecule has 2 saturated carbocycles. The Balaban J connectivity index is 1.61. The molecule has 0 aromatic heterocycles. The zero-order valence-corrected chi connectivity index (χ0v) is 18.7. The van der Waals surface area contributed by atoms with Crippen molar-refractivity contribution in [2.24, 2.45) is 34.5 Å². The molecule has 2 fully saturated rings. The van der Waals surface area contributed by atoms with Gasteiger partial charge in [-0.05, 0) is 85.2 Å². The molecule has 0 aromatic rings. The molecule has 0 saturated heterocycles. The Labute approximate surface area is 172 Å². The maximum Gasteiger partial charge on any atom is 0.0578 e. The molecule has 0 aromatic carbocycles. The molecule has 1 N–H and O–H groups in total. The van der Waals surface area contributed by atoms with Gasteiger partial charge in [-0.3, -0.25) is 0 Å². The van der Waals surface area contributed by atoms with E-state index in [0.717, 1.165) is 31.1 Å². The van der Waals surface area contributed by atoms with Crippen LogP contribution in [-0.4, -0.2) is 11.2 Å². The topological polar surface area (TPSA) is 20.2 Å². The average Bonchev–Trinajstić information content (AvgIpc) is 2.99. The van der Waals surface area contributed by atoms with Crippen molar-refractivity contribution in [1.82, 2.24) is 0 Å². The van der Waals surface area contributed by atoms with Gasteiger partial charge in [0, 0.05) is 5.41 Å². The number of aliphatic hydroxyl groups excluding tert-OH is 1. The van der Waals surface area contributed by atoms with E-state index in [1.807, 2.05) is 0 Å². The van der Waals surface area contributed by atoms with Crippen LogP contribution in [0.5, 0.6) is 0 Å². The van der Waals surface area contributed by atoms with E-state index in [4.69, 9.17) is 0 Å². The smallest absolute Gasteiger partial charge is 0.0578 e. The molecular weight excluding hydrogens is 340 g/mol. The molecule has 0 heterocycles. The molecule has 0 radical (unpaired) electrons. The van der Waals surface area contributed by atoms with Crippen LogP contribution in [0.15, 0.2) is 47.1 Å². The lowest BCUT2D eigenvalue weighted by atomic mass is 9.54. The molecule has 0 aliphatic heterocycles. The second kappa shape index (κ2) is 7.31. The van der Waals surface area contributed by atoms with Crippen molar-refractivity contribution in [3.05, 3.63) is 47.1 Å². The second-order valence-electron chi connectivity index (χ2n) is 11.0. The van der Waals surface area contributed by atoms with Gasteiger partial charge >= 0.3 is 0 Å². The number of hydrogen-bond donors (Lipinski definition) is 1. The summed E-state index contributed by atoms with van der Waals surface area (Å²) in [4.78, 5) is 0. The number of aliphatic hydroxyl groups is 1. The van der Waals surface area contributed by atoms with Crippen LogP contribution >= 0.6 is 0 Å². The lowest BCUT2D eigenvalue weighted by Crippen LogP contribution is -2.41. The number of rotatable bonds is 4. The van der Waals surface area contributed by atoms with Gasteiger partial charge < -0.3 is 5.11 Å². The lowest BCUT2D eigenvalue weighted by Gasteiger charge is -2.50. The van der Waals surface area contributed by atoms with Crippen molar-refractivity contribution in [3.63, 3.8) is 0 Å². The predicted molar refractivity (Wildman–Crippen MR) is 119 cm³/mol. The first-order chi connectivity index (χ1) is 13.3. The first kappa shape index (κ1) is 20.2. The molecule has 1 nitrogen and oxygen atoms in total. The molecule has 6 unspecified atom stereocenters. The highest BCUT2D eigenvalue weighted by molar-refractivity contribution is 5.53. The van der Waals surface area contributed by atoms with Crippen molar-refractivity contribution >= 4 is 0 Å². The Kier molecular flexibility index (Phi) is 5.28. The van der Waals surface area contributed by atoms with Crippen molar-refractivity contribution in [1.29, 1.82) is 0 Å². The van der Waals surface area contributed by atoms with Crippen LogP contribution in [0, 0.1) is 34.5 Å². The van der Waals surface area contributed by atoms with Crippen LogP contribution in [0.25, 0.3) is 0 Å². The molecule has 1 heteroatoms. The SMILES string of the molecule is CC(C)C/C=C/C(C)C1CCC2C3=CC=C4CC(O)CCC4(C)C3=CCC21C. The van der Waals surface area contributed by atoms with Crippen LogP contribution in [0.1, 0.15) is 79.6 Å². The maximum absolute atomic E-state index is 10.2. The minimum atomic E-state index is -0.141. The summed E-state index contributed by atoms with van der Waals surface area (Å²) in [5.41, 5.74) is 5.28. The third-order valence-corrected chi connectivity index (χ3v) is 8.72. The number of hydrogen-bond acceptors (Lipinski definition) is 1. The first-order valence-corrected chi connectivity index (χ1v) is 11.7. The van der Waals surface area contributed by atoms with Gasteiger partial charge in [0.05, 0.1) is 6.10 Å². The van der Waals surface area contributed by atoms with Gasteiger partial charge in [0.1, 0.15) is 0 Å². The molecule has 154 valence electrons. The van der Waals surface area contributed by atoms with Crippen molar-refractivity contribution in [3.8, 4) is 0 Å². The van der Waals surface area contributed by atoms with Gasteiger partial charge in [-0.15, -0.1) is 0 Å². The fourth-order valence-electron chi connectivity index (χ4n) is 6.96. The third-order valence-electron chi connectivity index (χ3n) is 8.72. The van der Waals surface area contributed by atoms with E-state index in [1.165, 1.54) is 31.3 Å². The van der Waals surface area contributed by atoms with Crippen LogP contribution in [0.2, 0.25) is 0 Å². The zero-order valence-electron chi connectivity index (χ0n) is 18.7. The molecule has 4 aliphatic rings. The van der Waals surface area contributed by atoms with E-state index >= 15 is 0 Å².